The molecule has 19 heavy (non-hydrogen) atoms. The summed E-state index contributed by atoms with van der Waals surface area (Å²) in [5.41, 5.74) is 3.48. The van der Waals surface area contributed by atoms with Crippen molar-refractivity contribution in [3.05, 3.63) is 34.7 Å². The van der Waals surface area contributed by atoms with Gasteiger partial charge in [-0.3, -0.25) is 9.67 Å². The zero-order chi connectivity index (χ0) is 13.2. The van der Waals surface area contributed by atoms with Crippen molar-refractivity contribution < 1.29 is 0 Å². The number of nitrogens with one attached hydrogen (secondary N) is 1. The highest BCUT2D eigenvalue weighted by Gasteiger charge is 2.24. The Bertz CT molecular complexity index is 558. The van der Waals surface area contributed by atoms with Gasteiger partial charge in [0, 0.05) is 30.9 Å². The highest BCUT2D eigenvalue weighted by molar-refractivity contribution is 9.10. The van der Waals surface area contributed by atoms with Gasteiger partial charge in [0.25, 0.3) is 0 Å². The van der Waals surface area contributed by atoms with Gasteiger partial charge in [0.1, 0.15) is 0 Å². The fourth-order valence-electron chi connectivity index (χ4n) is 2.70. The molecule has 0 unspecified atom stereocenters. The van der Waals surface area contributed by atoms with Gasteiger partial charge in [0.2, 0.25) is 0 Å². The Morgan fingerprint density at radius 1 is 1.26 bits per heavy atom. The van der Waals surface area contributed by atoms with E-state index in [1.165, 1.54) is 5.69 Å². The first-order valence-electron chi connectivity index (χ1n) is 6.61. The second-order valence-electron chi connectivity index (χ2n) is 4.93. The van der Waals surface area contributed by atoms with Crippen LogP contribution in [0.1, 0.15) is 24.5 Å². The molecule has 2 aromatic heterocycles. The molecule has 0 aliphatic carbocycles. The van der Waals surface area contributed by atoms with E-state index in [-0.39, 0.29) is 0 Å². The maximum absolute atomic E-state index is 4.73. The predicted octanol–water partition coefficient (Wildman–Crippen LogP) is 2.71. The van der Waals surface area contributed by atoms with Crippen molar-refractivity contribution in [1.82, 2.24) is 20.1 Å². The van der Waals surface area contributed by atoms with Crippen LogP contribution in [0.4, 0.5) is 0 Å². The lowest BCUT2D eigenvalue weighted by Crippen LogP contribution is -2.27. The molecule has 5 heteroatoms. The largest absolute Gasteiger partial charge is 0.317 e. The summed E-state index contributed by atoms with van der Waals surface area (Å²) < 4.78 is 3.10. The van der Waals surface area contributed by atoms with Crippen LogP contribution in [0.3, 0.4) is 0 Å². The smallest absolute Gasteiger partial charge is 0.0825 e. The van der Waals surface area contributed by atoms with Gasteiger partial charge < -0.3 is 5.32 Å². The lowest BCUT2D eigenvalue weighted by molar-refractivity contribution is 0.449. The zero-order valence-corrected chi connectivity index (χ0v) is 12.5. The molecule has 0 radical (unpaired) electrons. The van der Waals surface area contributed by atoms with Gasteiger partial charge >= 0.3 is 0 Å². The molecule has 2 aromatic rings. The number of hydrogen-bond donors (Lipinski definition) is 1. The quantitative estimate of drug-likeness (QED) is 0.925. The molecule has 0 saturated carbocycles. The normalized spacial score (nSPS) is 16.7. The third-order valence-corrected chi connectivity index (χ3v) is 4.48. The molecule has 0 aromatic carbocycles. The summed E-state index contributed by atoms with van der Waals surface area (Å²) in [5.74, 6) is 0.553. The summed E-state index contributed by atoms with van der Waals surface area (Å²) in [6.07, 6.45) is 5.95. The summed E-state index contributed by atoms with van der Waals surface area (Å²) in [5, 5.41) is 8.13. The minimum absolute atomic E-state index is 0.553. The Morgan fingerprint density at radius 2 is 1.95 bits per heavy atom. The second-order valence-corrected chi connectivity index (χ2v) is 5.72. The molecule has 1 aliphatic heterocycles. The average molecular weight is 321 g/mol. The van der Waals surface area contributed by atoms with Crippen LogP contribution in [0.5, 0.6) is 0 Å². The molecule has 1 saturated heterocycles. The molecule has 3 heterocycles. The summed E-state index contributed by atoms with van der Waals surface area (Å²) in [6.45, 7) is 2.16. The highest BCUT2D eigenvalue weighted by Crippen LogP contribution is 2.36. The molecule has 0 atom stereocenters. The minimum Gasteiger partial charge on any atom is -0.317 e. The molecule has 100 valence electrons. The Balaban J connectivity index is 2.00. The topological polar surface area (TPSA) is 42.7 Å². The van der Waals surface area contributed by atoms with E-state index in [1.54, 1.807) is 0 Å². The lowest BCUT2D eigenvalue weighted by atomic mass is 9.94. The van der Waals surface area contributed by atoms with Crippen LogP contribution < -0.4 is 5.32 Å². The maximum Gasteiger partial charge on any atom is 0.0825 e. The van der Waals surface area contributed by atoms with Gasteiger partial charge in [-0.2, -0.15) is 5.10 Å². The molecule has 0 amide bonds. The van der Waals surface area contributed by atoms with E-state index in [9.17, 15) is 0 Å². The molecular weight excluding hydrogens is 304 g/mol. The van der Waals surface area contributed by atoms with Crippen LogP contribution in [-0.4, -0.2) is 27.9 Å². The number of aromatic nitrogens is 3. The fraction of sp³-hybridized carbons (Fsp3) is 0.429. The maximum atomic E-state index is 4.73. The van der Waals surface area contributed by atoms with Gasteiger partial charge in [-0.05, 0) is 54.0 Å². The number of nitrogens with zero attached hydrogens (tertiary/aromatic N) is 3. The van der Waals surface area contributed by atoms with Crippen LogP contribution in [0.25, 0.3) is 11.3 Å². The van der Waals surface area contributed by atoms with Gasteiger partial charge in [-0.1, -0.05) is 0 Å². The molecular formula is C14H17BrN4. The number of hydrogen-bond acceptors (Lipinski definition) is 3. The van der Waals surface area contributed by atoms with E-state index >= 15 is 0 Å². The summed E-state index contributed by atoms with van der Waals surface area (Å²) in [6, 6.07) is 4.04. The number of halogens is 1. The van der Waals surface area contributed by atoms with E-state index in [1.807, 2.05) is 36.3 Å². The lowest BCUT2D eigenvalue weighted by Gasteiger charge is -2.21. The van der Waals surface area contributed by atoms with E-state index < -0.39 is 0 Å². The Labute approximate surface area is 121 Å². The van der Waals surface area contributed by atoms with Crippen molar-refractivity contribution in [3.8, 4) is 11.3 Å². The van der Waals surface area contributed by atoms with Crippen LogP contribution in [0.15, 0.2) is 29.0 Å². The minimum atomic E-state index is 0.553. The number of aryl methyl sites for hydroxylation is 1. The first-order valence-corrected chi connectivity index (χ1v) is 7.40. The first-order chi connectivity index (χ1) is 9.27. The van der Waals surface area contributed by atoms with E-state index in [4.69, 9.17) is 5.10 Å². The predicted molar refractivity (Wildman–Crippen MR) is 79.0 cm³/mol. The first kappa shape index (κ1) is 12.8. The molecule has 3 rings (SSSR count). The monoisotopic (exact) mass is 320 g/mol. The molecule has 4 nitrogen and oxygen atoms in total. The zero-order valence-electron chi connectivity index (χ0n) is 10.9. The summed E-state index contributed by atoms with van der Waals surface area (Å²) in [4.78, 5) is 4.07. The molecule has 1 fully saturated rings. The van der Waals surface area contributed by atoms with E-state index in [2.05, 4.69) is 26.2 Å². The van der Waals surface area contributed by atoms with E-state index in [0.717, 1.165) is 41.7 Å². The molecule has 1 aliphatic rings. The number of rotatable bonds is 2. The van der Waals surface area contributed by atoms with Gasteiger partial charge in [-0.15, -0.1) is 0 Å². The Morgan fingerprint density at radius 3 is 2.63 bits per heavy atom. The second kappa shape index (κ2) is 5.43. The third-order valence-electron chi connectivity index (χ3n) is 3.69. The average Bonchev–Trinajstić information content (AvgIpc) is 2.76. The van der Waals surface area contributed by atoms with Gasteiger partial charge in [0.05, 0.1) is 15.9 Å². The van der Waals surface area contributed by atoms with Crippen molar-refractivity contribution in [1.29, 1.82) is 0 Å². The van der Waals surface area contributed by atoms with Crippen molar-refractivity contribution >= 4 is 15.9 Å². The third kappa shape index (κ3) is 2.44. The van der Waals surface area contributed by atoms with Crippen molar-refractivity contribution in [3.63, 3.8) is 0 Å². The van der Waals surface area contributed by atoms with Crippen molar-refractivity contribution in [2.75, 3.05) is 13.1 Å². The van der Waals surface area contributed by atoms with Crippen LogP contribution in [0, 0.1) is 0 Å². The SMILES string of the molecule is Cn1nc(C2CCNCC2)c(Br)c1-c1ccncc1. The Hall–Kier alpha value is -1.20. The Kier molecular flexibility index (Phi) is 3.66. The summed E-state index contributed by atoms with van der Waals surface area (Å²) in [7, 11) is 2.01. The van der Waals surface area contributed by atoms with Crippen molar-refractivity contribution in [2.24, 2.45) is 7.05 Å². The standard InChI is InChI=1S/C14H17BrN4/c1-19-14(11-4-8-17-9-5-11)12(15)13(18-19)10-2-6-16-7-3-10/h4-5,8-10,16H,2-3,6-7H2,1H3. The van der Waals surface area contributed by atoms with Gasteiger partial charge in [0.15, 0.2) is 0 Å². The number of pyridine rings is 1. The summed E-state index contributed by atoms with van der Waals surface area (Å²) >= 11 is 3.75. The van der Waals surface area contributed by atoms with E-state index in [0.29, 0.717) is 5.92 Å². The van der Waals surface area contributed by atoms with Crippen LogP contribution in [-0.2, 0) is 7.05 Å². The highest BCUT2D eigenvalue weighted by atomic mass is 79.9. The number of piperidine rings is 1. The molecule has 1 N–H and O–H groups in total. The van der Waals surface area contributed by atoms with Crippen LogP contribution >= 0.6 is 15.9 Å². The fourth-order valence-corrected chi connectivity index (χ4v) is 3.59. The molecule has 0 spiro atoms. The molecule has 0 bridgehead atoms. The van der Waals surface area contributed by atoms with Gasteiger partial charge in [-0.25, -0.2) is 0 Å². The van der Waals surface area contributed by atoms with Crippen LogP contribution in [0.2, 0.25) is 0 Å². The van der Waals surface area contributed by atoms with Crippen molar-refractivity contribution in [2.45, 2.75) is 18.8 Å².